The van der Waals surface area contributed by atoms with E-state index in [1.165, 1.54) is 5.56 Å². The number of carbonyl (C=O) groups is 2. The van der Waals surface area contributed by atoms with Crippen LogP contribution in [-0.4, -0.2) is 31.6 Å². The number of hydrogen-bond donors (Lipinski definition) is 3. The fourth-order valence-corrected chi connectivity index (χ4v) is 3.47. The Morgan fingerprint density at radius 3 is 2.38 bits per heavy atom. The van der Waals surface area contributed by atoms with Gasteiger partial charge in [-0.05, 0) is 43.0 Å². The van der Waals surface area contributed by atoms with E-state index in [0.29, 0.717) is 51.3 Å². The van der Waals surface area contributed by atoms with Crippen molar-refractivity contribution in [1.29, 1.82) is 0 Å². The number of carbonyl (C=O) groups excluding carboxylic acids is 2. The Morgan fingerprint density at radius 2 is 1.69 bits per heavy atom. The van der Waals surface area contributed by atoms with Crippen LogP contribution < -0.4 is 16.4 Å². The molecule has 0 radical (unpaired) electrons. The molecule has 0 aromatic heterocycles. The summed E-state index contributed by atoms with van der Waals surface area (Å²) in [6, 6.07) is 15.4. The van der Waals surface area contributed by atoms with Crippen LogP contribution in [0.2, 0.25) is 0 Å². The highest BCUT2D eigenvalue weighted by Gasteiger charge is 2.38. The number of rotatable bonds is 7. The highest BCUT2D eigenvalue weighted by atomic mass is 16.5. The average molecular weight is 396 g/mol. The number of ether oxygens (including phenoxy) is 1. The molecule has 0 atom stereocenters. The van der Waals surface area contributed by atoms with Gasteiger partial charge in [-0.25, -0.2) is 0 Å². The van der Waals surface area contributed by atoms with E-state index in [4.69, 9.17) is 10.5 Å². The first kappa shape index (κ1) is 21.0. The van der Waals surface area contributed by atoms with Crippen molar-refractivity contribution in [1.82, 2.24) is 10.6 Å². The van der Waals surface area contributed by atoms with Gasteiger partial charge in [0.15, 0.2) is 0 Å². The predicted molar refractivity (Wildman–Crippen MR) is 112 cm³/mol. The lowest BCUT2D eigenvalue weighted by Gasteiger charge is -2.34. The monoisotopic (exact) mass is 395 g/mol. The van der Waals surface area contributed by atoms with Crippen molar-refractivity contribution in [3.63, 3.8) is 0 Å². The minimum Gasteiger partial charge on any atom is -0.381 e. The van der Waals surface area contributed by atoms with Crippen molar-refractivity contribution in [3.05, 3.63) is 70.8 Å². The van der Waals surface area contributed by atoms with Crippen molar-refractivity contribution in [3.8, 4) is 0 Å². The van der Waals surface area contributed by atoms with Crippen LogP contribution in [-0.2, 0) is 22.6 Å². The van der Waals surface area contributed by atoms with Crippen LogP contribution in [0, 0.1) is 12.3 Å². The summed E-state index contributed by atoms with van der Waals surface area (Å²) in [7, 11) is 0. The molecule has 0 spiro atoms. The third kappa shape index (κ3) is 5.43. The summed E-state index contributed by atoms with van der Waals surface area (Å²) < 4.78 is 5.36. The van der Waals surface area contributed by atoms with E-state index in [9.17, 15) is 9.59 Å². The summed E-state index contributed by atoms with van der Waals surface area (Å²) in [6.07, 6.45) is 1.27. The Labute approximate surface area is 171 Å². The van der Waals surface area contributed by atoms with Gasteiger partial charge >= 0.3 is 0 Å². The van der Waals surface area contributed by atoms with Gasteiger partial charge in [0.05, 0.1) is 5.41 Å². The molecule has 1 fully saturated rings. The summed E-state index contributed by atoms with van der Waals surface area (Å²) in [5, 5.41) is 5.92. The molecule has 3 rings (SSSR count). The zero-order valence-electron chi connectivity index (χ0n) is 16.9. The Kier molecular flexibility index (Phi) is 7.01. The molecule has 1 aliphatic heterocycles. The van der Waals surface area contributed by atoms with Crippen LogP contribution >= 0.6 is 0 Å². The fourth-order valence-electron chi connectivity index (χ4n) is 3.47. The second kappa shape index (κ2) is 9.67. The fraction of sp³-hybridized carbons (Fsp3) is 0.391. The predicted octanol–water partition coefficient (Wildman–Crippen LogP) is 2.30. The maximum atomic E-state index is 12.7. The lowest BCUT2D eigenvalue weighted by atomic mass is 9.79. The largest absolute Gasteiger partial charge is 0.381 e. The van der Waals surface area contributed by atoms with Crippen molar-refractivity contribution >= 4 is 11.8 Å². The minimum atomic E-state index is -0.554. The van der Waals surface area contributed by atoms with E-state index in [1.807, 2.05) is 49.4 Å². The quantitative estimate of drug-likeness (QED) is 0.671. The second-order valence-electron chi connectivity index (χ2n) is 7.65. The molecular weight excluding hydrogens is 366 g/mol. The van der Waals surface area contributed by atoms with Gasteiger partial charge in [-0.1, -0.05) is 42.0 Å². The summed E-state index contributed by atoms with van der Waals surface area (Å²) in [5.41, 5.74) is 9.02. The van der Waals surface area contributed by atoms with Crippen LogP contribution in [0.5, 0.6) is 0 Å². The van der Waals surface area contributed by atoms with E-state index < -0.39 is 5.41 Å². The molecule has 6 nitrogen and oxygen atoms in total. The molecule has 0 aliphatic carbocycles. The summed E-state index contributed by atoms with van der Waals surface area (Å²) in [5.74, 6) is -0.181. The number of benzene rings is 2. The number of hydrogen-bond acceptors (Lipinski definition) is 4. The molecule has 1 heterocycles. The van der Waals surface area contributed by atoms with Gasteiger partial charge in [-0.2, -0.15) is 0 Å². The zero-order valence-corrected chi connectivity index (χ0v) is 16.9. The molecule has 2 aromatic rings. The first-order valence-electron chi connectivity index (χ1n) is 10.0. The molecule has 154 valence electrons. The van der Waals surface area contributed by atoms with E-state index in [2.05, 4.69) is 10.6 Å². The van der Waals surface area contributed by atoms with Crippen molar-refractivity contribution in [2.45, 2.75) is 32.9 Å². The van der Waals surface area contributed by atoms with Crippen molar-refractivity contribution in [2.24, 2.45) is 11.1 Å². The van der Waals surface area contributed by atoms with E-state index in [0.717, 1.165) is 11.1 Å². The Balaban J connectivity index is 1.56. The Hall–Kier alpha value is -2.70. The van der Waals surface area contributed by atoms with E-state index in [1.54, 1.807) is 6.07 Å². The maximum Gasteiger partial charge on any atom is 0.251 e. The standard InChI is InChI=1S/C23H29N3O3/c1-17-5-7-18(8-6-17)14-25-21(27)20-4-2-3-19(13-20)15-26-22(28)23(16-24)9-11-29-12-10-23/h2-8,13H,9-12,14-16,24H2,1H3,(H,25,27)(H,26,28). The average Bonchev–Trinajstić information content (AvgIpc) is 2.77. The van der Waals surface area contributed by atoms with Crippen molar-refractivity contribution < 1.29 is 14.3 Å². The first-order valence-corrected chi connectivity index (χ1v) is 10.0. The minimum absolute atomic E-state index is 0.0440. The van der Waals surface area contributed by atoms with Gasteiger partial charge in [0.2, 0.25) is 5.91 Å². The SMILES string of the molecule is Cc1ccc(CNC(=O)c2cccc(CNC(=O)C3(CN)CCOCC3)c2)cc1. The van der Waals surface area contributed by atoms with Crippen molar-refractivity contribution in [2.75, 3.05) is 19.8 Å². The molecule has 0 saturated carbocycles. The molecular formula is C23H29N3O3. The normalized spacial score (nSPS) is 15.5. The lowest BCUT2D eigenvalue weighted by Crippen LogP contribution is -2.48. The van der Waals surface area contributed by atoms with Gasteiger partial charge in [-0.15, -0.1) is 0 Å². The summed E-state index contributed by atoms with van der Waals surface area (Å²) in [6.45, 7) is 4.29. The molecule has 1 aliphatic rings. The van der Waals surface area contributed by atoms with Crippen LogP contribution in [0.1, 0.15) is 39.9 Å². The second-order valence-corrected chi connectivity index (χ2v) is 7.65. The Morgan fingerprint density at radius 1 is 1.00 bits per heavy atom. The van der Waals surface area contributed by atoms with Crippen LogP contribution in [0.3, 0.4) is 0 Å². The highest BCUT2D eigenvalue weighted by molar-refractivity contribution is 5.94. The third-order valence-corrected chi connectivity index (χ3v) is 5.54. The molecule has 0 unspecified atom stereocenters. The summed E-state index contributed by atoms with van der Waals surface area (Å²) in [4.78, 5) is 25.2. The van der Waals surface area contributed by atoms with Crippen LogP contribution in [0.25, 0.3) is 0 Å². The first-order chi connectivity index (χ1) is 14.0. The molecule has 6 heteroatoms. The molecule has 2 amide bonds. The van der Waals surface area contributed by atoms with Crippen LogP contribution in [0.15, 0.2) is 48.5 Å². The highest BCUT2D eigenvalue weighted by Crippen LogP contribution is 2.29. The topological polar surface area (TPSA) is 93.5 Å². The Bertz CT molecular complexity index is 843. The van der Waals surface area contributed by atoms with Gasteiger partial charge < -0.3 is 21.1 Å². The molecule has 4 N–H and O–H groups in total. The zero-order chi connectivity index (χ0) is 20.7. The molecule has 2 aromatic carbocycles. The van der Waals surface area contributed by atoms with E-state index >= 15 is 0 Å². The van der Waals surface area contributed by atoms with E-state index in [-0.39, 0.29) is 11.8 Å². The lowest BCUT2D eigenvalue weighted by molar-refractivity contribution is -0.136. The molecule has 1 saturated heterocycles. The van der Waals surface area contributed by atoms with Gasteiger partial charge in [0.1, 0.15) is 0 Å². The maximum absolute atomic E-state index is 12.7. The smallest absolute Gasteiger partial charge is 0.251 e. The number of amides is 2. The number of nitrogens with two attached hydrogens (primary N) is 1. The molecule has 29 heavy (non-hydrogen) atoms. The molecule has 0 bridgehead atoms. The summed E-state index contributed by atoms with van der Waals surface area (Å²) >= 11 is 0. The van der Waals surface area contributed by atoms with Gasteiger partial charge in [0.25, 0.3) is 5.91 Å². The van der Waals surface area contributed by atoms with Crippen LogP contribution in [0.4, 0.5) is 0 Å². The number of aryl methyl sites for hydroxylation is 1. The van der Waals surface area contributed by atoms with Gasteiger partial charge in [0, 0.05) is 38.4 Å². The van der Waals surface area contributed by atoms with Gasteiger partial charge in [-0.3, -0.25) is 9.59 Å². The third-order valence-electron chi connectivity index (χ3n) is 5.54. The number of nitrogens with one attached hydrogen (secondary N) is 2.